The molecule has 1 aliphatic carbocycles. The van der Waals surface area contributed by atoms with Crippen LogP contribution < -0.4 is 5.32 Å². The minimum absolute atomic E-state index is 0.107. The summed E-state index contributed by atoms with van der Waals surface area (Å²) in [4.78, 5) is 30.5. The van der Waals surface area contributed by atoms with E-state index in [-0.39, 0.29) is 23.8 Å². The van der Waals surface area contributed by atoms with E-state index in [9.17, 15) is 9.59 Å². The Bertz CT molecular complexity index is 636. The summed E-state index contributed by atoms with van der Waals surface area (Å²) >= 11 is 0. The van der Waals surface area contributed by atoms with E-state index in [4.69, 9.17) is 4.74 Å². The van der Waals surface area contributed by atoms with Crippen molar-refractivity contribution in [1.29, 1.82) is 0 Å². The van der Waals surface area contributed by atoms with Crippen LogP contribution in [0, 0.1) is 23.7 Å². The first-order valence-electron chi connectivity index (χ1n) is 8.72. The average Bonchev–Trinajstić information content (AvgIpc) is 3.02. The fraction of sp³-hybridized carbons (Fsp3) is 0.611. The van der Waals surface area contributed by atoms with Gasteiger partial charge in [0.1, 0.15) is 0 Å². The first-order chi connectivity index (χ1) is 11.6. The van der Waals surface area contributed by atoms with Gasteiger partial charge in [-0.2, -0.15) is 0 Å². The van der Waals surface area contributed by atoms with Crippen molar-refractivity contribution < 1.29 is 14.3 Å². The van der Waals surface area contributed by atoms with Crippen LogP contribution in [0.1, 0.15) is 23.7 Å². The molecule has 2 saturated heterocycles. The van der Waals surface area contributed by atoms with E-state index in [0.717, 1.165) is 13.0 Å². The van der Waals surface area contributed by atoms with Crippen LogP contribution in [0.5, 0.6) is 0 Å². The number of carbonyl (C=O) groups excluding carboxylic acids is 2. The molecule has 24 heavy (non-hydrogen) atoms. The molecule has 0 spiro atoms. The summed E-state index contributed by atoms with van der Waals surface area (Å²) < 4.78 is 5.88. The van der Waals surface area contributed by atoms with Crippen molar-refractivity contribution in [3.63, 3.8) is 0 Å². The van der Waals surface area contributed by atoms with Gasteiger partial charge in [0.15, 0.2) is 0 Å². The van der Waals surface area contributed by atoms with Crippen LogP contribution in [0.2, 0.25) is 0 Å². The van der Waals surface area contributed by atoms with E-state index in [2.05, 4.69) is 17.2 Å². The quantitative estimate of drug-likeness (QED) is 0.892. The average molecular weight is 329 g/mol. The van der Waals surface area contributed by atoms with Gasteiger partial charge in [-0.05, 0) is 24.5 Å². The number of carbonyl (C=O) groups is 2. The molecule has 0 unspecified atom stereocenters. The number of pyridine rings is 1. The van der Waals surface area contributed by atoms with Gasteiger partial charge in [0.25, 0.3) is 5.91 Å². The summed E-state index contributed by atoms with van der Waals surface area (Å²) in [5.41, 5.74) is 0.568. The lowest BCUT2D eigenvalue weighted by molar-refractivity contribution is -0.132. The second kappa shape index (κ2) is 6.16. The van der Waals surface area contributed by atoms with Crippen molar-refractivity contribution in [1.82, 2.24) is 15.2 Å². The lowest BCUT2D eigenvalue weighted by atomic mass is 9.93. The number of hydrogen-bond donors (Lipinski definition) is 1. The molecule has 4 rings (SSSR count). The molecule has 5 atom stereocenters. The Morgan fingerprint density at radius 3 is 2.96 bits per heavy atom. The number of hydrogen-bond acceptors (Lipinski definition) is 4. The van der Waals surface area contributed by atoms with Gasteiger partial charge in [-0.3, -0.25) is 14.6 Å². The van der Waals surface area contributed by atoms with Crippen molar-refractivity contribution in [3.05, 3.63) is 30.1 Å². The molecule has 0 radical (unpaired) electrons. The van der Waals surface area contributed by atoms with Crippen molar-refractivity contribution in [2.45, 2.75) is 19.4 Å². The largest absolute Gasteiger partial charge is 0.376 e. The van der Waals surface area contributed by atoms with Crippen LogP contribution in [-0.2, 0) is 9.53 Å². The Morgan fingerprint density at radius 1 is 1.42 bits per heavy atom. The van der Waals surface area contributed by atoms with E-state index >= 15 is 0 Å². The van der Waals surface area contributed by atoms with E-state index in [1.54, 1.807) is 24.5 Å². The van der Waals surface area contributed by atoms with Gasteiger partial charge in [-0.1, -0.05) is 6.92 Å². The predicted octanol–water partition coefficient (Wildman–Crippen LogP) is 0.941. The molecule has 1 aromatic rings. The highest BCUT2D eigenvalue weighted by Crippen LogP contribution is 2.41. The summed E-state index contributed by atoms with van der Waals surface area (Å²) in [6.45, 7) is 4.84. The lowest BCUT2D eigenvalue weighted by Gasteiger charge is -2.20. The van der Waals surface area contributed by atoms with Gasteiger partial charge < -0.3 is 15.0 Å². The van der Waals surface area contributed by atoms with Crippen LogP contribution in [0.4, 0.5) is 0 Å². The molecule has 1 saturated carbocycles. The Morgan fingerprint density at radius 2 is 2.25 bits per heavy atom. The van der Waals surface area contributed by atoms with Crippen LogP contribution in [0.3, 0.4) is 0 Å². The number of fused-ring (bicyclic) bond motifs is 1. The van der Waals surface area contributed by atoms with Crippen molar-refractivity contribution in [3.8, 4) is 0 Å². The molecule has 3 heterocycles. The molecule has 1 aromatic heterocycles. The van der Waals surface area contributed by atoms with Gasteiger partial charge in [-0.15, -0.1) is 0 Å². The normalized spacial score (nSPS) is 34.0. The number of likely N-dealkylation sites (tertiary alicyclic amines) is 1. The van der Waals surface area contributed by atoms with E-state index in [0.29, 0.717) is 43.0 Å². The zero-order valence-electron chi connectivity index (χ0n) is 13.9. The molecule has 0 aromatic carbocycles. The molecule has 3 aliphatic rings. The zero-order valence-corrected chi connectivity index (χ0v) is 13.9. The number of nitrogens with one attached hydrogen (secondary N) is 1. The van der Waals surface area contributed by atoms with E-state index in [1.807, 2.05) is 4.90 Å². The SMILES string of the molecule is C[C@H]1C[C@H]1C(=O)N1C[C@@H]2[C@H](CNC(=O)c3cccnc3)CO[C@@H]2C1. The molecule has 2 amide bonds. The molecule has 2 aliphatic heterocycles. The summed E-state index contributed by atoms with van der Waals surface area (Å²) in [6, 6.07) is 3.51. The van der Waals surface area contributed by atoms with Crippen molar-refractivity contribution >= 4 is 11.8 Å². The van der Waals surface area contributed by atoms with Crippen molar-refractivity contribution in [2.75, 3.05) is 26.2 Å². The summed E-state index contributed by atoms with van der Waals surface area (Å²) in [7, 11) is 0. The summed E-state index contributed by atoms with van der Waals surface area (Å²) in [5, 5.41) is 2.98. The predicted molar refractivity (Wildman–Crippen MR) is 87.1 cm³/mol. The minimum Gasteiger partial charge on any atom is -0.376 e. The van der Waals surface area contributed by atoms with Crippen LogP contribution in [-0.4, -0.2) is 54.0 Å². The monoisotopic (exact) mass is 329 g/mol. The Balaban J connectivity index is 1.31. The number of aromatic nitrogens is 1. The lowest BCUT2D eigenvalue weighted by Crippen LogP contribution is -2.36. The third-order valence-electron chi connectivity index (χ3n) is 5.63. The first-order valence-corrected chi connectivity index (χ1v) is 8.72. The van der Waals surface area contributed by atoms with Crippen LogP contribution in [0.15, 0.2) is 24.5 Å². The smallest absolute Gasteiger partial charge is 0.252 e. The van der Waals surface area contributed by atoms with Crippen LogP contribution in [0.25, 0.3) is 0 Å². The van der Waals surface area contributed by atoms with E-state index in [1.165, 1.54) is 0 Å². The molecule has 128 valence electrons. The molecular formula is C18H23N3O3. The highest BCUT2D eigenvalue weighted by molar-refractivity contribution is 5.93. The number of rotatable bonds is 4. The highest BCUT2D eigenvalue weighted by atomic mass is 16.5. The second-order valence-corrected chi connectivity index (χ2v) is 7.31. The number of amides is 2. The Hall–Kier alpha value is -1.95. The maximum absolute atomic E-state index is 12.4. The van der Waals surface area contributed by atoms with Gasteiger partial charge in [0.2, 0.25) is 5.91 Å². The third-order valence-corrected chi connectivity index (χ3v) is 5.63. The maximum Gasteiger partial charge on any atom is 0.252 e. The van der Waals surface area contributed by atoms with Gasteiger partial charge in [-0.25, -0.2) is 0 Å². The summed E-state index contributed by atoms with van der Waals surface area (Å²) in [6.07, 6.45) is 4.37. The molecule has 6 nitrogen and oxygen atoms in total. The molecular weight excluding hydrogens is 306 g/mol. The maximum atomic E-state index is 12.4. The minimum atomic E-state index is -0.107. The second-order valence-electron chi connectivity index (χ2n) is 7.31. The Labute approximate surface area is 141 Å². The third kappa shape index (κ3) is 2.90. The molecule has 0 bridgehead atoms. The standard InChI is InChI=1S/C18H23N3O3/c1-11-5-14(11)18(23)21-8-15-13(10-24-16(15)9-21)7-20-17(22)12-3-2-4-19-6-12/h2-4,6,11,13-16H,5,7-10H2,1H3,(H,20,22)/t11-,13+,14+,15+,16+/m0/s1. The number of nitrogens with zero attached hydrogens (tertiary/aromatic N) is 2. The van der Waals surface area contributed by atoms with Gasteiger partial charge >= 0.3 is 0 Å². The Kier molecular flexibility index (Phi) is 4.00. The fourth-order valence-corrected chi connectivity index (χ4v) is 3.91. The highest BCUT2D eigenvalue weighted by Gasteiger charge is 2.49. The molecule has 6 heteroatoms. The van der Waals surface area contributed by atoms with Gasteiger partial charge in [0.05, 0.1) is 18.3 Å². The van der Waals surface area contributed by atoms with Crippen LogP contribution >= 0.6 is 0 Å². The number of ether oxygens (including phenoxy) is 1. The topological polar surface area (TPSA) is 71.5 Å². The first kappa shape index (κ1) is 15.6. The fourth-order valence-electron chi connectivity index (χ4n) is 3.91. The van der Waals surface area contributed by atoms with Gasteiger partial charge in [0, 0.05) is 49.8 Å². The molecule has 1 N–H and O–H groups in total. The zero-order chi connectivity index (χ0) is 16.7. The molecule has 3 fully saturated rings. The van der Waals surface area contributed by atoms with Crippen molar-refractivity contribution in [2.24, 2.45) is 23.7 Å². The summed E-state index contributed by atoms with van der Waals surface area (Å²) in [5.74, 6) is 1.55. The van der Waals surface area contributed by atoms with E-state index < -0.39 is 0 Å².